The Bertz CT molecular complexity index is 257. The van der Waals surface area contributed by atoms with Crippen LogP contribution in [0, 0.1) is 0 Å². The lowest BCUT2D eigenvalue weighted by atomic mass is 10.1. The van der Waals surface area contributed by atoms with Crippen molar-refractivity contribution in [3.05, 3.63) is 0 Å². The first-order valence-electron chi connectivity index (χ1n) is 6.83. The van der Waals surface area contributed by atoms with E-state index in [9.17, 15) is 9.59 Å². The smallest absolute Gasteiger partial charge is 0.435 e. The van der Waals surface area contributed by atoms with E-state index < -0.39 is 12.4 Å². The van der Waals surface area contributed by atoms with Crippen LogP contribution in [-0.4, -0.2) is 31.6 Å². The fraction of sp³-hybridized carbons (Fsp3) is 0.846. The van der Waals surface area contributed by atoms with Crippen molar-refractivity contribution >= 4 is 12.1 Å². The van der Waals surface area contributed by atoms with Crippen molar-refractivity contribution in [2.24, 2.45) is 5.73 Å². The molecule has 0 aromatic heterocycles. The zero-order valence-corrected chi connectivity index (χ0v) is 11.9. The molecule has 0 aliphatic rings. The molecule has 0 aliphatic carbocycles. The SMILES string of the molecule is CCOC(=O)OC(C)OC(=O)CCCCCCCN. The standard InChI is InChI=1S/C13H25NO5/c1-3-17-13(16)19-11(2)18-12(15)9-7-5-4-6-8-10-14/h11H,3-10,14H2,1-2H3. The Morgan fingerprint density at radius 2 is 1.68 bits per heavy atom. The minimum Gasteiger partial charge on any atom is -0.435 e. The minimum atomic E-state index is -0.913. The van der Waals surface area contributed by atoms with Crippen molar-refractivity contribution < 1.29 is 23.8 Å². The molecule has 0 bridgehead atoms. The second kappa shape index (κ2) is 11.8. The highest BCUT2D eigenvalue weighted by molar-refractivity contribution is 5.69. The highest BCUT2D eigenvalue weighted by atomic mass is 16.8. The molecule has 0 aliphatic heterocycles. The first kappa shape index (κ1) is 17.7. The summed E-state index contributed by atoms with van der Waals surface area (Å²) in [7, 11) is 0. The summed E-state index contributed by atoms with van der Waals surface area (Å²) >= 11 is 0. The van der Waals surface area contributed by atoms with Crippen LogP contribution in [0.15, 0.2) is 0 Å². The van der Waals surface area contributed by atoms with Gasteiger partial charge in [0.2, 0.25) is 6.29 Å². The van der Waals surface area contributed by atoms with Crippen molar-refractivity contribution in [2.45, 2.75) is 58.7 Å². The number of carbonyl (C=O) groups excluding carboxylic acids is 2. The van der Waals surface area contributed by atoms with Crippen LogP contribution in [0.3, 0.4) is 0 Å². The molecule has 0 heterocycles. The molecule has 112 valence electrons. The molecular formula is C13H25NO5. The van der Waals surface area contributed by atoms with Crippen LogP contribution < -0.4 is 5.73 Å². The number of ether oxygens (including phenoxy) is 3. The van der Waals surface area contributed by atoms with Crippen molar-refractivity contribution in [1.29, 1.82) is 0 Å². The van der Waals surface area contributed by atoms with Gasteiger partial charge in [-0.05, 0) is 26.3 Å². The van der Waals surface area contributed by atoms with E-state index in [1.807, 2.05) is 0 Å². The second-order valence-corrected chi connectivity index (χ2v) is 4.16. The summed E-state index contributed by atoms with van der Waals surface area (Å²) < 4.78 is 14.2. The molecule has 0 aromatic carbocycles. The van der Waals surface area contributed by atoms with Gasteiger partial charge < -0.3 is 19.9 Å². The zero-order chi connectivity index (χ0) is 14.5. The van der Waals surface area contributed by atoms with E-state index in [0.717, 1.165) is 32.1 Å². The molecule has 2 N–H and O–H groups in total. The summed E-state index contributed by atoms with van der Waals surface area (Å²) in [6.07, 6.45) is 3.52. The first-order valence-corrected chi connectivity index (χ1v) is 6.83. The average Bonchev–Trinajstić information content (AvgIpc) is 2.33. The number of hydrogen-bond acceptors (Lipinski definition) is 6. The van der Waals surface area contributed by atoms with E-state index in [1.54, 1.807) is 6.92 Å². The van der Waals surface area contributed by atoms with Gasteiger partial charge in [-0.15, -0.1) is 0 Å². The Morgan fingerprint density at radius 3 is 2.32 bits per heavy atom. The van der Waals surface area contributed by atoms with Gasteiger partial charge in [0.25, 0.3) is 0 Å². The van der Waals surface area contributed by atoms with E-state index in [-0.39, 0.29) is 12.6 Å². The Morgan fingerprint density at radius 1 is 1.05 bits per heavy atom. The Balaban J connectivity index is 3.54. The van der Waals surface area contributed by atoms with E-state index in [0.29, 0.717) is 13.0 Å². The Labute approximate surface area is 114 Å². The van der Waals surface area contributed by atoms with Crippen LogP contribution in [0.4, 0.5) is 4.79 Å². The lowest BCUT2D eigenvalue weighted by molar-refractivity contribution is -0.168. The van der Waals surface area contributed by atoms with Gasteiger partial charge in [-0.3, -0.25) is 4.79 Å². The van der Waals surface area contributed by atoms with Gasteiger partial charge in [0.15, 0.2) is 0 Å². The topological polar surface area (TPSA) is 87.9 Å². The minimum absolute atomic E-state index is 0.225. The summed E-state index contributed by atoms with van der Waals surface area (Å²) in [4.78, 5) is 22.4. The molecule has 1 atom stereocenters. The van der Waals surface area contributed by atoms with Crippen molar-refractivity contribution in [2.75, 3.05) is 13.2 Å². The number of carbonyl (C=O) groups is 2. The quantitative estimate of drug-likeness (QED) is 0.374. The van der Waals surface area contributed by atoms with Gasteiger partial charge >= 0.3 is 12.1 Å². The van der Waals surface area contributed by atoms with E-state index in [1.165, 1.54) is 6.92 Å². The molecule has 0 spiro atoms. The maximum absolute atomic E-state index is 11.4. The summed E-state index contributed by atoms with van der Waals surface area (Å²) in [5.74, 6) is -0.365. The molecule has 6 nitrogen and oxygen atoms in total. The number of esters is 1. The molecule has 0 fully saturated rings. The number of hydrogen-bond donors (Lipinski definition) is 1. The zero-order valence-electron chi connectivity index (χ0n) is 11.9. The molecule has 0 saturated carbocycles. The number of rotatable bonds is 10. The highest BCUT2D eigenvalue weighted by Crippen LogP contribution is 2.07. The monoisotopic (exact) mass is 275 g/mol. The van der Waals surface area contributed by atoms with Crippen molar-refractivity contribution in [1.82, 2.24) is 0 Å². The first-order chi connectivity index (χ1) is 9.10. The summed E-state index contributed by atoms with van der Waals surface area (Å²) in [5.41, 5.74) is 5.38. The molecule has 0 saturated heterocycles. The lowest BCUT2D eigenvalue weighted by Gasteiger charge is -2.13. The van der Waals surface area contributed by atoms with Crippen LogP contribution >= 0.6 is 0 Å². The van der Waals surface area contributed by atoms with E-state index in [2.05, 4.69) is 4.74 Å². The van der Waals surface area contributed by atoms with Crippen LogP contribution in [-0.2, 0) is 19.0 Å². The molecule has 6 heteroatoms. The van der Waals surface area contributed by atoms with E-state index >= 15 is 0 Å². The van der Waals surface area contributed by atoms with Crippen molar-refractivity contribution in [3.8, 4) is 0 Å². The summed E-state index contributed by atoms with van der Waals surface area (Å²) in [6.45, 7) is 4.09. The maximum atomic E-state index is 11.4. The van der Waals surface area contributed by atoms with E-state index in [4.69, 9.17) is 15.2 Å². The summed E-state index contributed by atoms with van der Waals surface area (Å²) in [5, 5.41) is 0. The largest absolute Gasteiger partial charge is 0.511 e. The molecule has 0 rings (SSSR count). The lowest BCUT2D eigenvalue weighted by Crippen LogP contribution is -2.22. The predicted molar refractivity (Wildman–Crippen MR) is 70.4 cm³/mol. The number of unbranched alkanes of at least 4 members (excludes halogenated alkanes) is 4. The third-order valence-corrected chi connectivity index (χ3v) is 2.41. The maximum Gasteiger partial charge on any atom is 0.511 e. The average molecular weight is 275 g/mol. The van der Waals surface area contributed by atoms with Gasteiger partial charge in [0.05, 0.1) is 6.61 Å². The molecular weight excluding hydrogens is 250 g/mol. The van der Waals surface area contributed by atoms with Gasteiger partial charge in [0.1, 0.15) is 0 Å². The predicted octanol–water partition coefficient (Wildman–Crippen LogP) is 2.35. The fourth-order valence-electron chi connectivity index (χ4n) is 1.50. The molecule has 1 unspecified atom stereocenters. The fourth-order valence-corrected chi connectivity index (χ4v) is 1.50. The number of nitrogens with two attached hydrogens (primary N) is 1. The second-order valence-electron chi connectivity index (χ2n) is 4.16. The van der Waals surface area contributed by atoms with Crippen molar-refractivity contribution in [3.63, 3.8) is 0 Å². The normalized spacial score (nSPS) is 11.7. The molecule has 19 heavy (non-hydrogen) atoms. The van der Waals surface area contributed by atoms with Crippen LogP contribution in [0.25, 0.3) is 0 Å². The van der Waals surface area contributed by atoms with Crippen LogP contribution in [0.5, 0.6) is 0 Å². The van der Waals surface area contributed by atoms with Crippen LogP contribution in [0.2, 0.25) is 0 Å². The summed E-state index contributed by atoms with van der Waals surface area (Å²) in [6, 6.07) is 0. The van der Waals surface area contributed by atoms with Gasteiger partial charge in [-0.25, -0.2) is 4.79 Å². The third kappa shape index (κ3) is 11.5. The van der Waals surface area contributed by atoms with Crippen LogP contribution in [0.1, 0.15) is 52.4 Å². The van der Waals surface area contributed by atoms with Gasteiger partial charge in [-0.2, -0.15) is 0 Å². The highest BCUT2D eigenvalue weighted by Gasteiger charge is 2.14. The molecule has 0 radical (unpaired) electrons. The molecule has 0 aromatic rings. The Hall–Kier alpha value is -1.30. The van der Waals surface area contributed by atoms with Gasteiger partial charge in [-0.1, -0.05) is 19.3 Å². The van der Waals surface area contributed by atoms with Gasteiger partial charge in [0, 0.05) is 13.3 Å². The Kier molecular flexibility index (Phi) is 11.0. The molecule has 0 amide bonds. The third-order valence-electron chi connectivity index (χ3n) is 2.41.